The van der Waals surface area contributed by atoms with Crippen LogP contribution in [0, 0.1) is 17.5 Å². The lowest BCUT2D eigenvalue weighted by Gasteiger charge is -2.04. The number of halogens is 3. The van der Waals surface area contributed by atoms with Crippen LogP contribution in [0.1, 0.15) is 5.56 Å². The first-order valence-corrected chi connectivity index (χ1v) is 8.68. The summed E-state index contributed by atoms with van der Waals surface area (Å²) in [5, 5.41) is 1.73. The maximum atomic E-state index is 14.2. The van der Waals surface area contributed by atoms with Gasteiger partial charge in [0, 0.05) is 10.5 Å². The van der Waals surface area contributed by atoms with Crippen LogP contribution < -0.4 is 0 Å². The molecule has 0 heterocycles. The first kappa shape index (κ1) is 18.0. The number of hydrogen-bond acceptors (Lipinski definition) is 2. The molecule has 0 aliphatic heterocycles. The zero-order valence-corrected chi connectivity index (χ0v) is 14.4. The van der Waals surface area contributed by atoms with Crippen LogP contribution in [-0.4, -0.2) is 5.71 Å². The van der Waals surface area contributed by atoms with Gasteiger partial charge in [-0.15, -0.1) is 0 Å². The molecule has 1 nitrogen and oxygen atoms in total. The van der Waals surface area contributed by atoms with Gasteiger partial charge in [-0.1, -0.05) is 30.0 Å². The average Bonchev–Trinajstić information content (AvgIpc) is 2.63. The minimum Gasteiger partial charge on any atom is -0.248 e. The number of rotatable bonds is 5. The lowest BCUT2D eigenvalue weighted by Crippen LogP contribution is -2.00. The van der Waals surface area contributed by atoms with Crippen molar-refractivity contribution in [3.8, 4) is 0 Å². The normalized spacial score (nSPS) is 11.9. The number of aliphatic imine (C=N–C) groups is 1. The molecule has 0 aromatic heterocycles. The highest BCUT2D eigenvalue weighted by Crippen LogP contribution is 2.22. The predicted octanol–water partition coefficient (Wildman–Crippen LogP) is 6.53. The molecule has 0 N–H and O–H groups in total. The quantitative estimate of drug-likeness (QED) is 0.368. The molecule has 0 bridgehead atoms. The molecule has 0 saturated heterocycles. The molecular weight excluding hydrogens is 355 g/mol. The van der Waals surface area contributed by atoms with Gasteiger partial charge in [-0.05, 0) is 66.1 Å². The Morgan fingerprint density at radius 2 is 1.58 bits per heavy atom. The van der Waals surface area contributed by atoms with Crippen molar-refractivity contribution in [3.63, 3.8) is 0 Å². The molecule has 0 aliphatic rings. The Bertz CT molecular complexity index is 949. The van der Waals surface area contributed by atoms with E-state index >= 15 is 0 Å². The van der Waals surface area contributed by atoms with Gasteiger partial charge in [0.2, 0.25) is 0 Å². The smallest absolute Gasteiger partial charge is 0.132 e. The Hall–Kier alpha value is -2.79. The Labute approximate surface area is 153 Å². The highest BCUT2D eigenvalue weighted by atomic mass is 32.2. The van der Waals surface area contributed by atoms with Crippen molar-refractivity contribution in [2.75, 3.05) is 0 Å². The van der Waals surface area contributed by atoms with Crippen LogP contribution in [0.15, 0.2) is 94.2 Å². The lowest BCUT2D eigenvalue weighted by molar-refractivity contribution is 0.625. The molecule has 26 heavy (non-hydrogen) atoms. The zero-order chi connectivity index (χ0) is 18.4. The minimum atomic E-state index is -0.418. The van der Waals surface area contributed by atoms with Gasteiger partial charge in [-0.3, -0.25) is 0 Å². The van der Waals surface area contributed by atoms with Gasteiger partial charge in [-0.25, -0.2) is 18.2 Å². The summed E-state index contributed by atoms with van der Waals surface area (Å²) in [7, 11) is 0. The van der Waals surface area contributed by atoms with Crippen molar-refractivity contribution in [1.82, 2.24) is 0 Å². The van der Waals surface area contributed by atoms with Gasteiger partial charge in [-0.2, -0.15) is 0 Å². The molecule has 3 aromatic rings. The Balaban J connectivity index is 1.91. The molecule has 3 rings (SSSR count). The Kier molecular flexibility index (Phi) is 5.92. The van der Waals surface area contributed by atoms with Crippen molar-refractivity contribution in [2.24, 2.45) is 4.99 Å². The summed E-state index contributed by atoms with van der Waals surface area (Å²) in [6.07, 6.45) is 1.65. The van der Waals surface area contributed by atoms with Crippen LogP contribution in [0.4, 0.5) is 18.9 Å². The van der Waals surface area contributed by atoms with Gasteiger partial charge < -0.3 is 0 Å². The molecule has 0 fully saturated rings. The molecule has 130 valence electrons. The molecule has 5 heteroatoms. The van der Waals surface area contributed by atoms with Crippen molar-refractivity contribution in [3.05, 3.63) is 107 Å². The summed E-state index contributed by atoms with van der Waals surface area (Å²) in [6.45, 7) is 0. The third kappa shape index (κ3) is 4.86. The summed E-state index contributed by atoms with van der Waals surface area (Å²) < 4.78 is 40.5. The van der Waals surface area contributed by atoms with E-state index in [2.05, 4.69) is 4.99 Å². The van der Waals surface area contributed by atoms with Crippen LogP contribution in [0.5, 0.6) is 0 Å². The van der Waals surface area contributed by atoms with Gasteiger partial charge in [0.15, 0.2) is 0 Å². The molecular formula is C21H14F3NS. The second-order valence-electron chi connectivity index (χ2n) is 5.33. The van der Waals surface area contributed by atoms with Crippen LogP contribution in [0.3, 0.4) is 0 Å². The van der Waals surface area contributed by atoms with E-state index in [0.29, 0.717) is 17.0 Å². The van der Waals surface area contributed by atoms with E-state index < -0.39 is 11.6 Å². The first-order chi connectivity index (χ1) is 12.6. The molecule has 0 unspecified atom stereocenters. The van der Waals surface area contributed by atoms with Crippen LogP contribution in [0.25, 0.3) is 0 Å². The minimum absolute atomic E-state index is 0.307. The van der Waals surface area contributed by atoms with Gasteiger partial charge in [0.1, 0.15) is 17.5 Å². The molecule has 0 spiro atoms. The molecule has 0 aliphatic carbocycles. The molecule has 0 amide bonds. The van der Waals surface area contributed by atoms with E-state index in [0.717, 1.165) is 4.90 Å². The standard InChI is InChI=1S/C21H14F3NS/c22-15-8-10-18(11-9-15)26-13-12-21(19-6-1-2-7-20(19)24)25-17-5-3-4-16(23)14-17/h1-14H/b13-12+,25-21?. The Morgan fingerprint density at radius 3 is 2.31 bits per heavy atom. The van der Waals surface area contributed by atoms with E-state index in [9.17, 15) is 13.2 Å². The maximum absolute atomic E-state index is 14.2. The van der Waals surface area contributed by atoms with E-state index in [1.165, 1.54) is 42.1 Å². The summed E-state index contributed by atoms with van der Waals surface area (Å²) in [5.74, 6) is -1.14. The monoisotopic (exact) mass is 369 g/mol. The van der Waals surface area contributed by atoms with E-state index in [1.54, 1.807) is 53.9 Å². The lowest BCUT2D eigenvalue weighted by atomic mass is 10.1. The predicted molar refractivity (Wildman–Crippen MR) is 100 cm³/mol. The third-order valence-electron chi connectivity index (χ3n) is 3.45. The number of benzene rings is 3. The van der Waals surface area contributed by atoms with Crippen LogP contribution in [0.2, 0.25) is 0 Å². The molecule has 0 saturated carbocycles. The van der Waals surface area contributed by atoms with Gasteiger partial charge >= 0.3 is 0 Å². The second-order valence-corrected chi connectivity index (χ2v) is 6.31. The molecule has 0 radical (unpaired) electrons. The SMILES string of the molecule is Fc1ccc(S/C=C/C(=Nc2cccc(F)c2)c2ccccc2F)cc1. The number of nitrogens with zero attached hydrogens (tertiary/aromatic N) is 1. The summed E-state index contributed by atoms with van der Waals surface area (Å²) in [4.78, 5) is 5.21. The highest BCUT2D eigenvalue weighted by Gasteiger charge is 2.07. The fourth-order valence-electron chi connectivity index (χ4n) is 2.23. The zero-order valence-electron chi connectivity index (χ0n) is 13.6. The van der Waals surface area contributed by atoms with Crippen molar-refractivity contribution in [1.29, 1.82) is 0 Å². The number of hydrogen-bond donors (Lipinski definition) is 0. The van der Waals surface area contributed by atoms with E-state index in [1.807, 2.05) is 0 Å². The summed E-state index contributed by atoms with van der Waals surface area (Å²) in [6, 6.07) is 18.1. The van der Waals surface area contributed by atoms with Gasteiger partial charge in [0.25, 0.3) is 0 Å². The third-order valence-corrected chi connectivity index (χ3v) is 4.27. The highest BCUT2D eigenvalue weighted by molar-refractivity contribution is 8.02. The number of allylic oxidation sites excluding steroid dienone is 1. The summed E-state index contributed by atoms with van der Waals surface area (Å²) in [5.41, 5.74) is 1.07. The number of thioether (sulfide) groups is 1. The summed E-state index contributed by atoms with van der Waals surface area (Å²) >= 11 is 1.35. The largest absolute Gasteiger partial charge is 0.248 e. The molecule has 0 atom stereocenters. The second kappa shape index (κ2) is 8.54. The van der Waals surface area contributed by atoms with E-state index in [4.69, 9.17) is 0 Å². The maximum Gasteiger partial charge on any atom is 0.132 e. The average molecular weight is 369 g/mol. The Morgan fingerprint density at radius 1 is 0.808 bits per heavy atom. The fourth-order valence-corrected chi connectivity index (χ4v) is 2.88. The van der Waals surface area contributed by atoms with Gasteiger partial charge in [0.05, 0.1) is 11.4 Å². The van der Waals surface area contributed by atoms with E-state index in [-0.39, 0.29) is 5.82 Å². The van der Waals surface area contributed by atoms with Crippen LogP contribution >= 0.6 is 11.8 Å². The first-order valence-electron chi connectivity index (χ1n) is 7.80. The van der Waals surface area contributed by atoms with Crippen LogP contribution in [-0.2, 0) is 0 Å². The molecule has 3 aromatic carbocycles. The topological polar surface area (TPSA) is 12.4 Å². The van der Waals surface area contributed by atoms with Crippen molar-refractivity contribution in [2.45, 2.75) is 4.90 Å². The van der Waals surface area contributed by atoms with Crippen molar-refractivity contribution >= 4 is 23.2 Å². The fraction of sp³-hybridized carbons (Fsp3) is 0. The van der Waals surface area contributed by atoms with Crippen molar-refractivity contribution < 1.29 is 13.2 Å².